The molecular formula is C14H30N2O2S. The second-order valence-electron chi connectivity index (χ2n) is 6.28. The van der Waals surface area contributed by atoms with Crippen LogP contribution in [0.25, 0.3) is 0 Å². The first-order chi connectivity index (χ1) is 8.87. The SMILES string of the molecule is CCNCCCCS(=O)(=O)NC1CCCCC1(C)C. The van der Waals surface area contributed by atoms with Crippen molar-refractivity contribution >= 4 is 10.0 Å². The third kappa shape index (κ3) is 6.23. The molecule has 0 spiro atoms. The van der Waals surface area contributed by atoms with E-state index in [1.807, 2.05) is 0 Å². The molecule has 1 saturated carbocycles. The molecule has 1 atom stereocenters. The number of hydrogen-bond donors (Lipinski definition) is 2. The minimum absolute atomic E-state index is 0.0923. The molecule has 5 heteroatoms. The standard InChI is InChI=1S/C14H30N2O2S/c1-4-15-11-7-8-12-19(17,18)16-13-9-5-6-10-14(13,2)3/h13,15-16H,4-12H2,1-3H3. The van der Waals surface area contributed by atoms with Crippen molar-refractivity contribution in [2.45, 2.75) is 65.3 Å². The van der Waals surface area contributed by atoms with Crippen LogP contribution >= 0.6 is 0 Å². The maximum Gasteiger partial charge on any atom is 0.211 e. The Morgan fingerprint density at radius 2 is 1.95 bits per heavy atom. The fourth-order valence-corrected chi connectivity index (χ4v) is 4.28. The molecule has 1 rings (SSSR count). The van der Waals surface area contributed by atoms with Crippen molar-refractivity contribution in [3.63, 3.8) is 0 Å². The van der Waals surface area contributed by atoms with Crippen molar-refractivity contribution in [3.05, 3.63) is 0 Å². The molecule has 0 aromatic carbocycles. The number of hydrogen-bond acceptors (Lipinski definition) is 3. The summed E-state index contributed by atoms with van der Waals surface area (Å²) in [7, 11) is -3.12. The van der Waals surface area contributed by atoms with Crippen LogP contribution < -0.4 is 10.0 Å². The van der Waals surface area contributed by atoms with Crippen LogP contribution in [0.2, 0.25) is 0 Å². The van der Waals surface area contributed by atoms with Gasteiger partial charge in [-0.25, -0.2) is 13.1 Å². The molecule has 1 fully saturated rings. The molecule has 0 amide bonds. The summed E-state index contributed by atoms with van der Waals surface area (Å²) >= 11 is 0. The summed E-state index contributed by atoms with van der Waals surface area (Å²) in [6, 6.07) is 0.111. The average molecular weight is 290 g/mol. The van der Waals surface area contributed by atoms with Gasteiger partial charge in [-0.2, -0.15) is 0 Å². The van der Waals surface area contributed by atoms with Crippen molar-refractivity contribution in [1.82, 2.24) is 10.0 Å². The van der Waals surface area contributed by atoms with Gasteiger partial charge in [0.2, 0.25) is 10.0 Å². The lowest BCUT2D eigenvalue weighted by Crippen LogP contribution is -2.47. The highest BCUT2D eigenvalue weighted by atomic mass is 32.2. The van der Waals surface area contributed by atoms with Gasteiger partial charge in [0, 0.05) is 6.04 Å². The minimum atomic E-state index is -3.12. The van der Waals surface area contributed by atoms with Gasteiger partial charge in [-0.1, -0.05) is 33.6 Å². The van der Waals surface area contributed by atoms with Gasteiger partial charge in [0.05, 0.1) is 5.75 Å². The van der Waals surface area contributed by atoms with E-state index >= 15 is 0 Å². The van der Waals surface area contributed by atoms with Crippen molar-refractivity contribution in [2.24, 2.45) is 5.41 Å². The predicted molar refractivity (Wildman–Crippen MR) is 80.7 cm³/mol. The molecule has 0 aromatic heterocycles. The maximum absolute atomic E-state index is 12.1. The van der Waals surface area contributed by atoms with Crippen molar-refractivity contribution in [3.8, 4) is 0 Å². The van der Waals surface area contributed by atoms with Crippen molar-refractivity contribution in [1.29, 1.82) is 0 Å². The molecule has 1 unspecified atom stereocenters. The molecule has 0 bridgehead atoms. The minimum Gasteiger partial charge on any atom is -0.317 e. The van der Waals surface area contributed by atoms with Gasteiger partial charge in [0.25, 0.3) is 0 Å². The Kier molecular flexibility index (Phi) is 6.77. The molecule has 114 valence electrons. The largest absolute Gasteiger partial charge is 0.317 e. The van der Waals surface area contributed by atoms with Crippen LogP contribution in [0.5, 0.6) is 0 Å². The monoisotopic (exact) mass is 290 g/mol. The molecule has 0 aromatic rings. The van der Waals surface area contributed by atoms with Crippen LogP contribution in [0.3, 0.4) is 0 Å². The second kappa shape index (κ2) is 7.60. The Labute approximate surface area is 118 Å². The van der Waals surface area contributed by atoms with E-state index in [2.05, 4.69) is 30.8 Å². The van der Waals surface area contributed by atoms with E-state index in [1.54, 1.807) is 0 Å². The molecular weight excluding hydrogens is 260 g/mol. The smallest absolute Gasteiger partial charge is 0.211 e. The van der Waals surface area contributed by atoms with E-state index in [4.69, 9.17) is 0 Å². The summed E-state index contributed by atoms with van der Waals surface area (Å²) in [4.78, 5) is 0. The summed E-state index contributed by atoms with van der Waals surface area (Å²) in [5.41, 5.74) is 0.0923. The molecule has 0 aliphatic heterocycles. The summed E-state index contributed by atoms with van der Waals surface area (Å²) < 4.78 is 27.1. The first-order valence-corrected chi connectivity index (χ1v) is 9.23. The Morgan fingerprint density at radius 3 is 2.58 bits per heavy atom. The fourth-order valence-electron chi connectivity index (χ4n) is 2.71. The molecule has 0 radical (unpaired) electrons. The second-order valence-corrected chi connectivity index (χ2v) is 8.16. The van der Waals surface area contributed by atoms with E-state index in [-0.39, 0.29) is 17.2 Å². The van der Waals surface area contributed by atoms with E-state index in [0.29, 0.717) is 0 Å². The van der Waals surface area contributed by atoms with Gasteiger partial charge < -0.3 is 5.32 Å². The number of sulfonamides is 1. The molecule has 4 nitrogen and oxygen atoms in total. The Balaban J connectivity index is 2.36. The Bertz CT molecular complexity index is 352. The molecule has 0 saturated heterocycles. The highest BCUT2D eigenvalue weighted by molar-refractivity contribution is 7.89. The zero-order valence-corrected chi connectivity index (χ0v) is 13.5. The number of nitrogens with one attached hydrogen (secondary N) is 2. The third-order valence-corrected chi connectivity index (χ3v) is 5.57. The van der Waals surface area contributed by atoms with Gasteiger partial charge >= 0.3 is 0 Å². The van der Waals surface area contributed by atoms with Crippen molar-refractivity contribution in [2.75, 3.05) is 18.8 Å². The third-order valence-electron chi connectivity index (χ3n) is 4.10. The molecule has 1 aliphatic rings. The van der Waals surface area contributed by atoms with Crippen LogP contribution in [0, 0.1) is 5.41 Å². The van der Waals surface area contributed by atoms with E-state index in [1.165, 1.54) is 6.42 Å². The Morgan fingerprint density at radius 1 is 1.21 bits per heavy atom. The summed E-state index contributed by atoms with van der Waals surface area (Å²) in [6.07, 6.45) is 6.09. The normalized spacial score (nSPS) is 23.4. The van der Waals surface area contributed by atoms with Crippen molar-refractivity contribution < 1.29 is 8.42 Å². The van der Waals surface area contributed by atoms with Crippen LogP contribution in [0.1, 0.15) is 59.3 Å². The lowest BCUT2D eigenvalue weighted by molar-refractivity contribution is 0.188. The zero-order chi connectivity index (χ0) is 14.4. The lowest BCUT2D eigenvalue weighted by atomic mass is 9.74. The van der Waals surface area contributed by atoms with Crippen LogP contribution in [-0.4, -0.2) is 33.3 Å². The number of rotatable bonds is 8. The summed E-state index contributed by atoms with van der Waals surface area (Å²) in [5.74, 6) is 0.255. The van der Waals surface area contributed by atoms with Crippen LogP contribution in [-0.2, 0) is 10.0 Å². The van der Waals surface area contributed by atoms with E-state index in [9.17, 15) is 8.42 Å². The van der Waals surface area contributed by atoms with Crippen LogP contribution in [0.4, 0.5) is 0 Å². The molecule has 2 N–H and O–H groups in total. The zero-order valence-electron chi connectivity index (χ0n) is 12.7. The first kappa shape index (κ1) is 16.9. The lowest BCUT2D eigenvalue weighted by Gasteiger charge is -2.38. The van der Waals surface area contributed by atoms with Gasteiger partial charge in [-0.15, -0.1) is 0 Å². The number of unbranched alkanes of at least 4 members (excludes halogenated alkanes) is 1. The highest BCUT2D eigenvalue weighted by Crippen LogP contribution is 2.35. The molecule has 1 aliphatic carbocycles. The average Bonchev–Trinajstić information content (AvgIpc) is 2.31. The molecule has 19 heavy (non-hydrogen) atoms. The summed E-state index contributed by atoms with van der Waals surface area (Å²) in [6.45, 7) is 8.25. The van der Waals surface area contributed by atoms with Gasteiger partial charge in [0.15, 0.2) is 0 Å². The van der Waals surface area contributed by atoms with Gasteiger partial charge in [-0.05, 0) is 44.2 Å². The quantitative estimate of drug-likeness (QED) is 0.674. The topological polar surface area (TPSA) is 58.2 Å². The maximum atomic E-state index is 12.1. The fraction of sp³-hybridized carbons (Fsp3) is 1.00. The summed E-state index contributed by atoms with van der Waals surface area (Å²) in [5, 5.41) is 3.21. The predicted octanol–water partition coefficient (Wildman–Crippen LogP) is 2.26. The first-order valence-electron chi connectivity index (χ1n) is 7.58. The van der Waals surface area contributed by atoms with Crippen LogP contribution in [0.15, 0.2) is 0 Å². The van der Waals surface area contributed by atoms with Gasteiger partial charge in [0.1, 0.15) is 0 Å². The highest BCUT2D eigenvalue weighted by Gasteiger charge is 2.34. The molecule has 0 heterocycles. The van der Waals surface area contributed by atoms with Gasteiger partial charge in [-0.3, -0.25) is 0 Å². The Hall–Kier alpha value is -0.130. The van der Waals surface area contributed by atoms with E-state index < -0.39 is 10.0 Å². The van der Waals surface area contributed by atoms with E-state index in [0.717, 1.165) is 45.2 Å².